The first-order chi connectivity index (χ1) is 15.5. The fourth-order valence-corrected chi connectivity index (χ4v) is 3.66. The molecule has 0 aromatic heterocycles. The van der Waals surface area contributed by atoms with E-state index in [2.05, 4.69) is 55.1 Å². The van der Waals surface area contributed by atoms with Crippen LogP contribution in [0, 0.1) is 14.9 Å². The summed E-state index contributed by atoms with van der Waals surface area (Å²) in [5, 5.41) is 13.0. The third kappa shape index (κ3) is 6.55. The first kappa shape index (κ1) is 23.8. The fourth-order valence-electron chi connectivity index (χ4n) is 2.73. The highest BCUT2D eigenvalue weighted by atomic mass is 127. The lowest BCUT2D eigenvalue weighted by Crippen LogP contribution is -2.17. The molecule has 0 saturated heterocycles. The van der Waals surface area contributed by atoms with Crippen molar-refractivity contribution in [3.8, 4) is 17.6 Å². The molecule has 3 aromatic carbocycles. The maximum Gasteiger partial charge on any atom is 0.271 e. The molecule has 0 saturated carbocycles. The van der Waals surface area contributed by atoms with Gasteiger partial charge in [-0.3, -0.25) is 4.79 Å². The summed E-state index contributed by atoms with van der Waals surface area (Å²) in [4.78, 5) is 12.2. The molecule has 3 rings (SSSR count). The van der Waals surface area contributed by atoms with Gasteiger partial charge in [0.2, 0.25) is 0 Å². The number of hydrogen-bond acceptors (Lipinski definition) is 5. The number of rotatable bonds is 8. The maximum absolute atomic E-state index is 12.2. The SMILES string of the molecule is CCOc1cc(/C=N\NC(=O)c2ccc(I)cc2)cc(Br)c1OCc1ccc(C#N)cc1. The monoisotopic (exact) mass is 603 g/mol. The summed E-state index contributed by atoms with van der Waals surface area (Å²) in [5.41, 5.74) is 5.32. The molecular weight excluding hydrogens is 585 g/mol. The van der Waals surface area contributed by atoms with Crippen molar-refractivity contribution in [3.05, 3.63) is 91.0 Å². The lowest BCUT2D eigenvalue weighted by atomic mass is 10.1. The minimum absolute atomic E-state index is 0.288. The molecule has 0 unspecified atom stereocenters. The molecule has 162 valence electrons. The zero-order valence-corrected chi connectivity index (χ0v) is 20.9. The molecule has 0 bridgehead atoms. The van der Waals surface area contributed by atoms with Gasteiger partial charge in [-0.15, -0.1) is 0 Å². The second kappa shape index (κ2) is 11.6. The number of nitrogens with zero attached hydrogens (tertiary/aromatic N) is 2. The Bertz CT molecular complexity index is 1160. The van der Waals surface area contributed by atoms with Crippen LogP contribution in [0.4, 0.5) is 0 Å². The largest absolute Gasteiger partial charge is 0.490 e. The highest BCUT2D eigenvalue weighted by molar-refractivity contribution is 14.1. The van der Waals surface area contributed by atoms with Crippen LogP contribution in [0.25, 0.3) is 0 Å². The Morgan fingerprint density at radius 1 is 1.16 bits per heavy atom. The van der Waals surface area contributed by atoms with E-state index in [1.54, 1.807) is 36.5 Å². The van der Waals surface area contributed by atoms with E-state index in [4.69, 9.17) is 14.7 Å². The molecule has 1 N–H and O–H groups in total. The van der Waals surface area contributed by atoms with Crippen molar-refractivity contribution >= 4 is 50.6 Å². The fraction of sp³-hybridized carbons (Fsp3) is 0.125. The first-order valence-corrected chi connectivity index (χ1v) is 11.5. The number of nitriles is 1. The molecule has 0 aliphatic carbocycles. The average molecular weight is 604 g/mol. The van der Waals surface area contributed by atoms with Crippen molar-refractivity contribution in [3.63, 3.8) is 0 Å². The highest BCUT2D eigenvalue weighted by Crippen LogP contribution is 2.37. The van der Waals surface area contributed by atoms with Gasteiger partial charge in [-0.2, -0.15) is 10.4 Å². The van der Waals surface area contributed by atoms with E-state index in [0.29, 0.717) is 40.3 Å². The van der Waals surface area contributed by atoms with Crippen molar-refractivity contribution in [2.75, 3.05) is 6.61 Å². The molecule has 1 amide bonds. The Labute approximate surface area is 208 Å². The van der Waals surface area contributed by atoms with Crippen LogP contribution in [0.2, 0.25) is 0 Å². The van der Waals surface area contributed by atoms with Crippen molar-refractivity contribution in [1.29, 1.82) is 5.26 Å². The zero-order valence-electron chi connectivity index (χ0n) is 17.1. The summed E-state index contributed by atoms with van der Waals surface area (Å²) >= 11 is 5.71. The molecule has 8 heteroatoms. The lowest BCUT2D eigenvalue weighted by molar-refractivity contribution is 0.0955. The van der Waals surface area contributed by atoms with Gasteiger partial charge in [0, 0.05) is 9.13 Å². The van der Waals surface area contributed by atoms with Crippen LogP contribution in [-0.4, -0.2) is 18.7 Å². The van der Waals surface area contributed by atoms with Gasteiger partial charge in [-0.05, 0) is 105 Å². The minimum Gasteiger partial charge on any atom is -0.490 e. The van der Waals surface area contributed by atoms with Gasteiger partial charge < -0.3 is 9.47 Å². The van der Waals surface area contributed by atoms with Crippen LogP contribution in [0.15, 0.2) is 70.2 Å². The van der Waals surface area contributed by atoms with E-state index < -0.39 is 0 Å². The zero-order chi connectivity index (χ0) is 22.9. The van der Waals surface area contributed by atoms with Crippen LogP contribution in [0.1, 0.15) is 34.0 Å². The lowest BCUT2D eigenvalue weighted by Gasteiger charge is -2.14. The van der Waals surface area contributed by atoms with Crippen LogP contribution in [0.3, 0.4) is 0 Å². The first-order valence-electron chi connectivity index (χ1n) is 9.67. The molecule has 0 radical (unpaired) electrons. The Hall–Kier alpha value is -2.90. The second-order valence-corrected chi connectivity index (χ2v) is 8.67. The molecule has 3 aromatic rings. The summed E-state index contributed by atoms with van der Waals surface area (Å²) in [6, 6.07) is 20.1. The standard InChI is InChI=1S/C24H19BrIN3O3/c1-2-31-22-12-18(14-28-29-24(30)19-7-9-20(26)10-8-19)11-21(25)23(22)32-15-17-5-3-16(13-27)4-6-17/h3-12,14H,2,15H2,1H3,(H,29,30)/b28-14-. The summed E-state index contributed by atoms with van der Waals surface area (Å²) < 4.78 is 13.5. The van der Waals surface area contributed by atoms with E-state index in [0.717, 1.165) is 14.7 Å². The van der Waals surface area contributed by atoms with Crippen molar-refractivity contribution < 1.29 is 14.3 Å². The Morgan fingerprint density at radius 3 is 2.53 bits per heavy atom. The molecule has 0 aliphatic rings. The maximum atomic E-state index is 12.2. The normalized spacial score (nSPS) is 10.6. The second-order valence-electron chi connectivity index (χ2n) is 6.57. The van der Waals surface area contributed by atoms with E-state index >= 15 is 0 Å². The predicted molar refractivity (Wildman–Crippen MR) is 135 cm³/mol. The molecule has 0 fully saturated rings. The Morgan fingerprint density at radius 2 is 1.88 bits per heavy atom. The van der Waals surface area contributed by atoms with Gasteiger partial charge in [-0.1, -0.05) is 12.1 Å². The van der Waals surface area contributed by atoms with Crippen molar-refractivity contribution in [2.45, 2.75) is 13.5 Å². The smallest absolute Gasteiger partial charge is 0.271 e. The number of halogens is 2. The number of nitrogens with one attached hydrogen (secondary N) is 1. The summed E-state index contributed by atoms with van der Waals surface area (Å²) in [6.45, 7) is 2.67. The number of hydrazone groups is 1. The summed E-state index contributed by atoms with van der Waals surface area (Å²) in [6.07, 6.45) is 1.54. The topological polar surface area (TPSA) is 83.7 Å². The summed E-state index contributed by atoms with van der Waals surface area (Å²) in [5.74, 6) is 0.835. The number of benzene rings is 3. The van der Waals surface area contributed by atoms with Crippen LogP contribution >= 0.6 is 38.5 Å². The number of amides is 1. The van der Waals surface area contributed by atoms with Gasteiger partial charge in [0.1, 0.15) is 6.61 Å². The number of hydrogen-bond donors (Lipinski definition) is 1. The van der Waals surface area contributed by atoms with Gasteiger partial charge >= 0.3 is 0 Å². The molecule has 0 atom stereocenters. The molecule has 6 nitrogen and oxygen atoms in total. The average Bonchev–Trinajstić information content (AvgIpc) is 2.79. The van der Waals surface area contributed by atoms with Gasteiger partial charge in [0.25, 0.3) is 5.91 Å². The van der Waals surface area contributed by atoms with E-state index in [1.165, 1.54) is 0 Å². The van der Waals surface area contributed by atoms with E-state index in [-0.39, 0.29) is 5.91 Å². The van der Waals surface area contributed by atoms with Crippen LogP contribution in [0.5, 0.6) is 11.5 Å². The van der Waals surface area contributed by atoms with E-state index in [1.807, 2.05) is 37.3 Å². The van der Waals surface area contributed by atoms with Crippen LogP contribution in [-0.2, 0) is 6.61 Å². The summed E-state index contributed by atoms with van der Waals surface area (Å²) in [7, 11) is 0. The molecule has 0 aliphatic heterocycles. The van der Waals surface area contributed by atoms with Gasteiger partial charge in [0.05, 0.1) is 28.9 Å². The highest BCUT2D eigenvalue weighted by Gasteiger charge is 2.12. The van der Waals surface area contributed by atoms with E-state index in [9.17, 15) is 4.79 Å². The molecule has 0 spiro atoms. The molecule has 32 heavy (non-hydrogen) atoms. The Kier molecular flexibility index (Phi) is 8.64. The van der Waals surface area contributed by atoms with Crippen molar-refractivity contribution in [2.24, 2.45) is 5.10 Å². The number of carbonyl (C=O) groups is 1. The third-order valence-electron chi connectivity index (χ3n) is 4.28. The number of carbonyl (C=O) groups excluding carboxylic acids is 1. The predicted octanol–water partition coefficient (Wildman–Crippen LogP) is 5.67. The quantitative estimate of drug-likeness (QED) is 0.204. The van der Waals surface area contributed by atoms with Crippen LogP contribution < -0.4 is 14.9 Å². The Balaban J connectivity index is 1.71. The molecular formula is C24H19BrIN3O3. The number of ether oxygens (including phenoxy) is 2. The van der Waals surface area contributed by atoms with Gasteiger partial charge in [0.15, 0.2) is 11.5 Å². The third-order valence-corrected chi connectivity index (χ3v) is 5.59. The van der Waals surface area contributed by atoms with Gasteiger partial charge in [-0.25, -0.2) is 5.43 Å². The van der Waals surface area contributed by atoms with Crippen molar-refractivity contribution in [1.82, 2.24) is 5.43 Å². The minimum atomic E-state index is -0.288. The molecule has 0 heterocycles.